The van der Waals surface area contributed by atoms with Gasteiger partial charge in [0, 0.05) is 19.8 Å². The average Bonchev–Trinajstić information content (AvgIpc) is 2.60. The second kappa shape index (κ2) is 18.4. The summed E-state index contributed by atoms with van der Waals surface area (Å²) in [6, 6.07) is 0. The quantitative estimate of drug-likeness (QED) is 0.192. The molecule has 0 aliphatic heterocycles. The molecule has 0 aliphatic carbocycles. The first-order valence-corrected chi connectivity index (χ1v) is 10.4. The summed E-state index contributed by atoms with van der Waals surface area (Å²) < 4.78 is 9.54. The Morgan fingerprint density at radius 3 is 1.46 bits per heavy atom. The van der Waals surface area contributed by atoms with E-state index in [9.17, 15) is 14.4 Å². The minimum atomic E-state index is -0.521. The van der Waals surface area contributed by atoms with Crippen LogP contribution in [0.4, 0.5) is 0 Å². The molecule has 0 unspecified atom stereocenters. The van der Waals surface area contributed by atoms with Crippen LogP contribution in [0.15, 0.2) is 0 Å². The fourth-order valence-corrected chi connectivity index (χ4v) is 2.82. The van der Waals surface area contributed by atoms with Crippen molar-refractivity contribution >= 4 is 17.9 Å². The fourth-order valence-electron chi connectivity index (χ4n) is 2.82. The highest BCUT2D eigenvalue weighted by Gasteiger charge is 2.05. The lowest BCUT2D eigenvalue weighted by molar-refractivity contribution is -0.158. The lowest BCUT2D eigenvalue weighted by Crippen LogP contribution is -2.08. The molecule has 0 radical (unpaired) electrons. The first-order chi connectivity index (χ1) is 12.6. The smallest absolute Gasteiger partial charge is 0.313 e. The number of hydrogen-bond acceptors (Lipinski definition) is 5. The van der Waals surface area contributed by atoms with Crippen molar-refractivity contribution in [2.75, 3.05) is 6.61 Å². The van der Waals surface area contributed by atoms with Gasteiger partial charge >= 0.3 is 17.9 Å². The van der Waals surface area contributed by atoms with E-state index in [1.807, 2.05) is 6.92 Å². The van der Waals surface area contributed by atoms with Crippen molar-refractivity contribution in [1.29, 1.82) is 0 Å². The van der Waals surface area contributed by atoms with Gasteiger partial charge in [-0.15, -0.1) is 0 Å². The monoisotopic (exact) mass is 370 g/mol. The van der Waals surface area contributed by atoms with E-state index in [1.165, 1.54) is 58.3 Å². The van der Waals surface area contributed by atoms with Crippen LogP contribution in [0.25, 0.3) is 0 Å². The normalized spacial score (nSPS) is 10.5. The molecule has 0 N–H and O–H groups in total. The summed E-state index contributed by atoms with van der Waals surface area (Å²) in [4.78, 5) is 32.7. The molecule has 0 bridgehead atoms. The standard InChI is InChI=1S/C21H38O5/c1-3-20(23)25-18-16-14-12-10-8-6-4-5-7-9-11-13-15-17-21(24)26-19(2)22/h3-18H2,1-2H3. The van der Waals surface area contributed by atoms with Gasteiger partial charge in [-0.1, -0.05) is 77.6 Å². The molecule has 0 aromatic carbocycles. The summed E-state index contributed by atoms with van der Waals surface area (Å²) in [7, 11) is 0. The van der Waals surface area contributed by atoms with Crippen LogP contribution in [0.2, 0.25) is 0 Å². The van der Waals surface area contributed by atoms with Crippen LogP contribution in [0.5, 0.6) is 0 Å². The molecule has 152 valence electrons. The molecular formula is C21H38O5. The Morgan fingerprint density at radius 2 is 1.04 bits per heavy atom. The summed E-state index contributed by atoms with van der Waals surface area (Å²) in [5.74, 6) is -1.02. The molecule has 0 aliphatic rings. The van der Waals surface area contributed by atoms with Crippen LogP contribution in [0.1, 0.15) is 110 Å². The maximum absolute atomic E-state index is 11.2. The zero-order valence-electron chi connectivity index (χ0n) is 16.9. The van der Waals surface area contributed by atoms with E-state index in [0.29, 0.717) is 19.4 Å². The summed E-state index contributed by atoms with van der Waals surface area (Å²) in [5.41, 5.74) is 0. The highest BCUT2D eigenvalue weighted by Crippen LogP contribution is 2.13. The van der Waals surface area contributed by atoms with Gasteiger partial charge in [-0.2, -0.15) is 0 Å². The van der Waals surface area contributed by atoms with Crippen LogP contribution >= 0.6 is 0 Å². The third-order valence-corrected chi connectivity index (χ3v) is 4.33. The summed E-state index contributed by atoms with van der Waals surface area (Å²) in [6.45, 7) is 3.65. The van der Waals surface area contributed by atoms with E-state index in [-0.39, 0.29) is 5.97 Å². The van der Waals surface area contributed by atoms with Crippen molar-refractivity contribution in [3.63, 3.8) is 0 Å². The number of carbonyl (C=O) groups excluding carboxylic acids is 3. The number of rotatable bonds is 17. The van der Waals surface area contributed by atoms with Gasteiger partial charge in [0.2, 0.25) is 0 Å². The molecule has 0 amide bonds. The van der Waals surface area contributed by atoms with E-state index >= 15 is 0 Å². The maximum Gasteiger partial charge on any atom is 0.313 e. The Labute approximate surface area is 159 Å². The molecule has 5 nitrogen and oxygen atoms in total. The van der Waals surface area contributed by atoms with Crippen molar-refractivity contribution in [2.45, 2.75) is 110 Å². The molecule has 0 atom stereocenters. The van der Waals surface area contributed by atoms with Gasteiger partial charge in [-0.25, -0.2) is 0 Å². The first-order valence-electron chi connectivity index (χ1n) is 10.4. The largest absolute Gasteiger partial charge is 0.466 e. The molecular weight excluding hydrogens is 332 g/mol. The number of carbonyl (C=O) groups is 3. The maximum atomic E-state index is 11.2. The van der Waals surface area contributed by atoms with Crippen LogP contribution in [0.3, 0.4) is 0 Å². The van der Waals surface area contributed by atoms with Gasteiger partial charge in [0.15, 0.2) is 0 Å². The molecule has 26 heavy (non-hydrogen) atoms. The fraction of sp³-hybridized carbons (Fsp3) is 0.857. The molecule has 0 spiro atoms. The molecule has 0 aromatic heterocycles. The minimum Gasteiger partial charge on any atom is -0.466 e. The van der Waals surface area contributed by atoms with Gasteiger partial charge < -0.3 is 9.47 Å². The zero-order valence-corrected chi connectivity index (χ0v) is 16.9. The number of hydrogen-bond donors (Lipinski definition) is 0. The van der Waals surface area contributed by atoms with Crippen LogP contribution in [-0.4, -0.2) is 24.5 Å². The molecule has 0 saturated carbocycles. The van der Waals surface area contributed by atoms with Gasteiger partial charge in [0.1, 0.15) is 0 Å². The Bertz CT molecular complexity index is 379. The van der Waals surface area contributed by atoms with Crippen LogP contribution in [0, 0.1) is 0 Å². The lowest BCUT2D eigenvalue weighted by Gasteiger charge is -2.04. The zero-order chi connectivity index (χ0) is 19.5. The molecule has 0 saturated heterocycles. The van der Waals surface area contributed by atoms with E-state index < -0.39 is 11.9 Å². The number of unbranched alkanes of at least 4 members (excludes halogenated alkanes) is 12. The highest BCUT2D eigenvalue weighted by atomic mass is 16.6. The summed E-state index contributed by atoms with van der Waals surface area (Å²) in [5, 5.41) is 0. The van der Waals surface area contributed by atoms with E-state index in [0.717, 1.165) is 32.1 Å². The first kappa shape index (κ1) is 24.6. The predicted octanol–water partition coefficient (Wildman–Crippen LogP) is 5.49. The predicted molar refractivity (Wildman–Crippen MR) is 103 cm³/mol. The van der Waals surface area contributed by atoms with Gasteiger partial charge in [0.05, 0.1) is 6.61 Å². The van der Waals surface area contributed by atoms with Crippen molar-refractivity contribution in [3.8, 4) is 0 Å². The topological polar surface area (TPSA) is 69.7 Å². The summed E-state index contributed by atoms with van der Waals surface area (Å²) in [6.07, 6.45) is 16.1. The molecule has 0 heterocycles. The van der Waals surface area contributed by atoms with Gasteiger partial charge in [-0.05, 0) is 12.8 Å². The third-order valence-electron chi connectivity index (χ3n) is 4.33. The SMILES string of the molecule is CCC(=O)OCCCCCCCCCCCCCCCC(=O)OC(C)=O. The van der Waals surface area contributed by atoms with Crippen LogP contribution < -0.4 is 0 Å². The molecule has 0 aromatic rings. The number of ether oxygens (including phenoxy) is 2. The summed E-state index contributed by atoms with van der Waals surface area (Å²) >= 11 is 0. The second-order valence-electron chi connectivity index (χ2n) is 6.89. The second-order valence-corrected chi connectivity index (χ2v) is 6.89. The highest BCUT2D eigenvalue weighted by molar-refractivity contribution is 5.83. The van der Waals surface area contributed by atoms with Crippen LogP contribution in [-0.2, 0) is 23.9 Å². The molecule has 0 rings (SSSR count). The Hall–Kier alpha value is -1.39. The Balaban J connectivity index is 3.12. The van der Waals surface area contributed by atoms with E-state index in [2.05, 4.69) is 4.74 Å². The Morgan fingerprint density at radius 1 is 0.615 bits per heavy atom. The van der Waals surface area contributed by atoms with Gasteiger partial charge in [0.25, 0.3) is 0 Å². The lowest BCUT2D eigenvalue weighted by atomic mass is 10.0. The van der Waals surface area contributed by atoms with Crippen molar-refractivity contribution in [2.24, 2.45) is 0 Å². The minimum absolute atomic E-state index is 0.0968. The molecule has 5 heteroatoms. The number of esters is 3. The van der Waals surface area contributed by atoms with E-state index in [4.69, 9.17) is 4.74 Å². The van der Waals surface area contributed by atoms with Gasteiger partial charge in [-0.3, -0.25) is 14.4 Å². The Kier molecular flexibility index (Phi) is 17.4. The third kappa shape index (κ3) is 18.9. The average molecular weight is 371 g/mol. The molecule has 0 fully saturated rings. The van der Waals surface area contributed by atoms with Crippen molar-refractivity contribution < 1.29 is 23.9 Å². The van der Waals surface area contributed by atoms with E-state index in [1.54, 1.807) is 0 Å². The van der Waals surface area contributed by atoms with Crippen molar-refractivity contribution in [3.05, 3.63) is 0 Å². The van der Waals surface area contributed by atoms with Crippen molar-refractivity contribution in [1.82, 2.24) is 0 Å².